The lowest BCUT2D eigenvalue weighted by molar-refractivity contribution is -0.125. The van der Waals surface area contributed by atoms with Crippen molar-refractivity contribution in [2.24, 2.45) is 0 Å². The van der Waals surface area contributed by atoms with Gasteiger partial charge in [0, 0.05) is 24.4 Å². The molecule has 0 saturated carbocycles. The molecule has 21 heavy (non-hydrogen) atoms. The summed E-state index contributed by atoms with van der Waals surface area (Å²) in [5.41, 5.74) is 0.922. The Balaban J connectivity index is 1.97. The molecule has 1 aromatic carbocycles. The molecule has 0 aliphatic carbocycles. The third-order valence-electron chi connectivity index (χ3n) is 3.33. The Morgan fingerprint density at radius 3 is 2.90 bits per heavy atom. The maximum atomic E-state index is 12.2. The molecule has 114 valence electrons. The molecule has 0 fully saturated rings. The molecule has 1 heterocycles. The van der Waals surface area contributed by atoms with Crippen LogP contribution in [0.25, 0.3) is 6.08 Å². The van der Waals surface area contributed by atoms with Gasteiger partial charge in [-0.25, -0.2) is 0 Å². The third kappa shape index (κ3) is 4.43. The number of likely N-dealkylation sites (N-methyl/N-ethyl adjacent to an activating group) is 1. The number of carbonyl (C=O) groups excluding carboxylic acids is 1. The van der Waals surface area contributed by atoms with Gasteiger partial charge in [0.2, 0.25) is 12.7 Å². The Kier molecular flexibility index (Phi) is 5.56. The van der Waals surface area contributed by atoms with Crippen LogP contribution in [-0.2, 0) is 4.79 Å². The van der Waals surface area contributed by atoms with E-state index >= 15 is 0 Å². The minimum Gasteiger partial charge on any atom is -0.454 e. The van der Waals surface area contributed by atoms with E-state index in [2.05, 4.69) is 12.6 Å². The molecular weight excluding hydrogens is 286 g/mol. The Labute approximate surface area is 131 Å². The lowest BCUT2D eigenvalue weighted by atomic mass is 10.2. The van der Waals surface area contributed by atoms with Crippen LogP contribution in [0.1, 0.15) is 25.8 Å². The molecule has 0 aromatic heterocycles. The number of fused-ring (bicyclic) bond motifs is 1. The Morgan fingerprint density at radius 1 is 1.43 bits per heavy atom. The van der Waals surface area contributed by atoms with Crippen LogP contribution in [0.15, 0.2) is 24.3 Å². The SMILES string of the molecule is CCN(CCC(C)S)C(=O)/C=C/c1ccc2c(c1)OCO2. The number of ether oxygens (including phenoxy) is 2. The summed E-state index contributed by atoms with van der Waals surface area (Å²) >= 11 is 4.35. The second-order valence-electron chi connectivity index (χ2n) is 5.00. The Morgan fingerprint density at radius 2 is 2.19 bits per heavy atom. The number of hydrogen-bond donors (Lipinski definition) is 1. The van der Waals surface area contributed by atoms with Gasteiger partial charge in [-0.3, -0.25) is 4.79 Å². The molecule has 1 amide bonds. The van der Waals surface area contributed by atoms with Crippen LogP contribution in [0.4, 0.5) is 0 Å². The zero-order chi connectivity index (χ0) is 15.2. The van der Waals surface area contributed by atoms with Crippen molar-refractivity contribution < 1.29 is 14.3 Å². The molecule has 1 aliphatic heterocycles. The monoisotopic (exact) mass is 307 g/mol. The summed E-state index contributed by atoms with van der Waals surface area (Å²) in [4.78, 5) is 14.0. The van der Waals surface area contributed by atoms with Gasteiger partial charge in [0.25, 0.3) is 0 Å². The van der Waals surface area contributed by atoms with E-state index in [0.29, 0.717) is 11.8 Å². The van der Waals surface area contributed by atoms with E-state index in [0.717, 1.165) is 30.0 Å². The summed E-state index contributed by atoms with van der Waals surface area (Å²) in [5.74, 6) is 1.49. The van der Waals surface area contributed by atoms with E-state index in [1.54, 1.807) is 12.2 Å². The van der Waals surface area contributed by atoms with Gasteiger partial charge in [-0.15, -0.1) is 0 Å². The average Bonchev–Trinajstić information content (AvgIpc) is 2.92. The number of rotatable bonds is 6. The van der Waals surface area contributed by atoms with Crippen LogP contribution in [0.5, 0.6) is 11.5 Å². The molecule has 0 saturated heterocycles. The van der Waals surface area contributed by atoms with Crippen LogP contribution in [0.2, 0.25) is 0 Å². The summed E-state index contributed by atoms with van der Waals surface area (Å²) < 4.78 is 10.6. The summed E-state index contributed by atoms with van der Waals surface area (Å²) in [5, 5.41) is 0.296. The van der Waals surface area contributed by atoms with Gasteiger partial charge in [-0.1, -0.05) is 13.0 Å². The highest BCUT2D eigenvalue weighted by Gasteiger charge is 2.13. The highest BCUT2D eigenvalue weighted by atomic mass is 32.1. The number of thiol groups is 1. The highest BCUT2D eigenvalue weighted by Crippen LogP contribution is 2.32. The number of nitrogens with zero attached hydrogens (tertiary/aromatic N) is 1. The fraction of sp³-hybridized carbons (Fsp3) is 0.438. The largest absolute Gasteiger partial charge is 0.454 e. The topological polar surface area (TPSA) is 38.8 Å². The molecule has 0 radical (unpaired) electrons. The van der Waals surface area contributed by atoms with E-state index in [9.17, 15) is 4.79 Å². The second kappa shape index (κ2) is 7.41. The number of amides is 1. The zero-order valence-electron chi connectivity index (χ0n) is 12.4. The van der Waals surface area contributed by atoms with Gasteiger partial charge in [-0.05, 0) is 37.1 Å². The van der Waals surface area contributed by atoms with Gasteiger partial charge in [0.05, 0.1) is 0 Å². The van der Waals surface area contributed by atoms with Crippen LogP contribution in [0.3, 0.4) is 0 Å². The van der Waals surface area contributed by atoms with Crippen molar-refractivity contribution in [3.63, 3.8) is 0 Å². The molecule has 5 heteroatoms. The van der Waals surface area contributed by atoms with Crippen molar-refractivity contribution in [2.75, 3.05) is 19.9 Å². The lowest BCUT2D eigenvalue weighted by Gasteiger charge is -2.19. The van der Waals surface area contributed by atoms with Crippen molar-refractivity contribution in [1.29, 1.82) is 0 Å². The molecular formula is C16H21NO3S. The molecule has 1 aliphatic rings. The van der Waals surface area contributed by atoms with E-state index in [-0.39, 0.29) is 12.7 Å². The molecule has 2 rings (SSSR count). The normalized spacial score (nSPS) is 14.4. The summed E-state index contributed by atoms with van der Waals surface area (Å²) in [7, 11) is 0. The van der Waals surface area contributed by atoms with Crippen molar-refractivity contribution in [1.82, 2.24) is 4.90 Å². The van der Waals surface area contributed by atoms with Gasteiger partial charge in [0.1, 0.15) is 0 Å². The summed E-state index contributed by atoms with van der Waals surface area (Å²) in [6.45, 7) is 5.70. The maximum absolute atomic E-state index is 12.2. The summed E-state index contributed by atoms with van der Waals surface area (Å²) in [6.07, 6.45) is 4.29. The first-order valence-electron chi connectivity index (χ1n) is 7.15. The molecule has 0 N–H and O–H groups in total. The molecule has 1 unspecified atom stereocenters. The lowest BCUT2D eigenvalue weighted by Crippen LogP contribution is -2.31. The smallest absolute Gasteiger partial charge is 0.246 e. The van der Waals surface area contributed by atoms with Crippen LogP contribution in [0, 0.1) is 0 Å². The van der Waals surface area contributed by atoms with E-state index < -0.39 is 0 Å². The molecule has 0 spiro atoms. The molecule has 1 atom stereocenters. The maximum Gasteiger partial charge on any atom is 0.246 e. The van der Waals surface area contributed by atoms with E-state index in [1.807, 2.05) is 36.9 Å². The second-order valence-corrected chi connectivity index (χ2v) is 5.88. The molecule has 0 bridgehead atoms. The first-order valence-corrected chi connectivity index (χ1v) is 7.66. The fourth-order valence-electron chi connectivity index (χ4n) is 2.06. The predicted molar refractivity (Wildman–Crippen MR) is 86.9 cm³/mol. The molecule has 1 aromatic rings. The van der Waals surface area contributed by atoms with Crippen LogP contribution in [-0.4, -0.2) is 35.9 Å². The Bertz CT molecular complexity index is 528. The first-order chi connectivity index (χ1) is 10.1. The minimum atomic E-state index is 0.0177. The number of benzene rings is 1. The van der Waals surface area contributed by atoms with Gasteiger partial charge in [0.15, 0.2) is 11.5 Å². The van der Waals surface area contributed by atoms with E-state index in [4.69, 9.17) is 9.47 Å². The first kappa shape index (κ1) is 15.8. The van der Waals surface area contributed by atoms with Gasteiger partial charge in [-0.2, -0.15) is 12.6 Å². The quantitative estimate of drug-likeness (QED) is 0.648. The van der Waals surface area contributed by atoms with Crippen molar-refractivity contribution in [3.05, 3.63) is 29.8 Å². The predicted octanol–water partition coefficient (Wildman–Crippen LogP) is 2.99. The average molecular weight is 307 g/mol. The summed E-state index contributed by atoms with van der Waals surface area (Å²) in [6, 6.07) is 5.63. The fourth-order valence-corrected chi connectivity index (χ4v) is 2.17. The third-order valence-corrected chi connectivity index (χ3v) is 3.58. The zero-order valence-corrected chi connectivity index (χ0v) is 13.3. The standard InChI is InChI=1S/C16H21NO3S/c1-3-17(9-8-12(2)21)16(18)7-5-13-4-6-14-15(10-13)20-11-19-14/h4-7,10,12,21H,3,8-9,11H2,1-2H3/b7-5+. The minimum absolute atomic E-state index is 0.0177. The van der Waals surface area contributed by atoms with Gasteiger partial charge < -0.3 is 14.4 Å². The van der Waals surface area contributed by atoms with Crippen LogP contribution < -0.4 is 9.47 Å². The van der Waals surface area contributed by atoms with Crippen molar-refractivity contribution in [3.8, 4) is 11.5 Å². The van der Waals surface area contributed by atoms with Crippen LogP contribution >= 0.6 is 12.6 Å². The van der Waals surface area contributed by atoms with Crippen molar-refractivity contribution in [2.45, 2.75) is 25.5 Å². The highest BCUT2D eigenvalue weighted by molar-refractivity contribution is 7.80. The van der Waals surface area contributed by atoms with E-state index in [1.165, 1.54) is 0 Å². The van der Waals surface area contributed by atoms with Crippen molar-refractivity contribution >= 4 is 24.6 Å². The number of carbonyl (C=O) groups is 1. The Hall–Kier alpha value is -1.62. The van der Waals surface area contributed by atoms with Gasteiger partial charge >= 0.3 is 0 Å². The molecule has 4 nitrogen and oxygen atoms in total. The number of hydrogen-bond acceptors (Lipinski definition) is 4.